The lowest BCUT2D eigenvalue weighted by molar-refractivity contribution is -0.167. The summed E-state index contributed by atoms with van der Waals surface area (Å²) in [4.78, 5) is 37.4. The number of hydrogen-bond acceptors (Lipinski definition) is 6. The van der Waals surface area contributed by atoms with E-state index in [1.165, 1.54) is 116 Å². The van der Waals surface area contributed by atoms with Crippen molar-refractivity contribution in [1.29, 1.82) is 0 Å². The first-order valence-corrected chi connectivity index (χ1v) is 21.7. The van der Waals surface area contributed by atoms with Crippen LogP contribution in [0.1, 0.15) is 234 Å². The Bertz CT molecular complexity index is 764. The van der Waals surface area contributed by atoms with Gasteiger partial charge in [-0.25, -0.2) is 0 Å². The maximum Gasteiger partial charge on any atom is 0.306 e. The van der Waals surface area contributed by atoms with Gasteiger partial charge in [0.1, 0.15) is 13.2 Å². The minimum Gasteiger partial charge on any atom is -0.462 e. The van der Waals surface area contributed by atoms with Crippen LogP contribution in [0, 0.1) is 11.8 Å². The van der Waals surface area contributed by atoms with Crippen LogP contribution >= 0.6 is 0 Å². The smallest absolute Gasteiger partial charge is 0.306 e. The van der Waals surface area contributed by atoms with Crippen molar-refractivity contribution in [3.63, 3.8) is 0 Å². The Morgan fingerprint density at radius 3 is 0.980 bits per heavy atom. The predicted octanol–water partition coefficient (Wildman–Crippen LogP) is 13.4. The Morgan fingerprint density at radius 1 is 0.380 bits per heavy atom. The zero-order valence-corrected chi connectivity index (χ0v) is 34.0. The molecule has 0 aromatic carbocycles. The molecule has 1 atom stereocenters. The zero-order valence-electron chi connectivity index (χ0n) is 34.0. The Morgan fingerprint density at radius 2 is 0.660 bits per heavy atom. The quantitative estimate of drug-likeness (QED) is 0.0361. The molecule has 0 spiro atoms. The van der Waals surface area contributed by atoms with Gasteiger partial charge in [0.2, 0.25) is 0 Å². The molecular weight excluding hydrogens is 624 g/mol. The maximum atomic E-state index is 12.5. The third-order valence-corrected chi connectivity index (χ3v) is 9.72. The first kappa shape index (κ1) is 48.4. The van der Waals surface area contributed by atoms with Crippen molar-refractivity contribution in [2.24, 2.45) is 11.8 Å². The summed E-state index contributed by atoms with van der Waals surface area (Å²) in [5.74, 6) is 0.761. The van der Waals surface area contributed by atoms with Crippen LogP contribution in [0.3, 0.4) is 0 Å². The van der Waals surface area contributed by atoms with E-state index in [-0.39, 0.29) is 31.1 Å². The lowest BCUT2D eigenvalue weighted by atomic mass is 10.0. The van der Waals surface area contributed by atoms with Gasteiger partial charge in [-0.05, 0) is 31.1 Å². The van der Waals surface area contributed by atoms with Gasteiger partial charge in [-0.3, -0.25) is 14.4 Å². The lowest BCUT2D eigenvalue weighted by Crippen LogP contribution is -2.30. The van der Waals surface area contributed by atoms with Crippen LogP contribution < -0.4 is 0 Å². The Hall–Kier alpha value is -1.59. The molecule has 0 aromatic heterocycles. The molecule has 0 saturated heterocycles. The molecule has 50 heavy (non-hydrogen) atoms. The second kappa shape index (κ2) is 37.2. The van der Waals surface area contributed by atoms with E-state index in [0.717, 1.165) is 76.0 Å². The molecule has 6 heteroatoms. The summed E-state index contributed by atoms with van der Waals surface area (Å²) < 4.78 is 16.6. The first-order chi connectivity index (χ1) is 24.2. The minimum absolute atomic E-state index is 0.0667. The Kier molecular flexibility index (Phi) is 36.0. The molecule has 296 valence electrons. The van der Waals surface area contributed by atoms with Crippen LogP contribution in [0.5, 0.6) is 0 Å². The van der Waals surface area contributed by atoms with E-state index in [4.69, 9.17) is 14.2 Å². The van der Waals surface area contributed by atoms with Crippen LogP contribution in [0.4, 0.5) is 0 Å². The summed E-state index contributed by atoms with van der Waals surface area (Å²) in [5.41, 5.74) is 0. The number of carbonyl (C=O) groups excluding carboxylic acids is 3. The van der Waals surface area contributed by atoms with E-state index in [0.29, 0.717) is 19.3 Å². The second-order valence-electron chi connectivity index (χ2n) is 15.9. The summed E-state index contributed by atoms with van der Waals surface area (Å²) in [7, 11) is 0. The largest absolute Gasteiger partial charge is 0.462 e. The SMILES string of the molecule is CCCCCCCC(=O)O[C@H](COC(=O)CCCCCCCCCCCCCCCC(C)C)COC(=O)CCCCCCCCCCC(C)C. The summed E-state index contributed by atoms with van der Waals surface area (Å²) >= 11 is 0. The number of ether oxygens (including phenoxy) is 3. The van der Waals surface area contributed by atoms with Crippen molar-refractivity contribution in [3.8, 4) is 0 Å². The molecule has 0 bridgehead atoms. The van der Waals surface area contributed by atoms with Gasteiger partial charge in [-0.15, -0.1) is 0 Å². The van der Waals surface area contributed by atoms with Crippen LogP contribution in [-0.2, 0) is 28.6 Å². The van der Waals surface area contributed by atoms with Crippen LogP contribution in [0.2, 0.25) is 0 Å². The van der Waals surface area contributed by atoms with Crippen molar-refractivity contribution >= 4 is 17.9 Å². The number of esters is 3. The fraction of sp³-hybridized carbons (Fsp3) is 0.932. The van der Waals surface area contributed by atoms with Crippen LogP contribution in [0.25, 0.3) is 0 Å². The van der Waals surface area contributed by atoms with Crippen molar-refractivity contribution in [3.05, 3.63) is 0 Å². The number of hydrogen-bond donors (Lipinski definition) is 0. The minimum atomic E-state index is -0.758. The summed E-state index contributed by atoms with van der Waals surface area (Å²) in [6.45, 7) is 11.2. The molecule has 6 nitrogen and oxygen atoms in total. The molecule has 0 aliphatic rings. The molecule has 0 saturated carbocycles. The average molecular weight is 709 g/mol. The zero-order chi connectivity index (χ0) is 36.9. The van der Waals surface area contributed by atoms with Crippen LogP contribution in [-0.4, -0.2) is 37.2 Å². The number of unbranched alkanes of at least 4 members (excludes halogenated alkanes) is 23. The highest BCUT2D eigenvalue weighted by Crippen LogP contribution is 2.16. The maximum absolute atomic E-state index is 12.5. The van der Waals surface area contributed by atoms with Crippen molar-refractivity contribution < 1.29 is 28.6 Å². The van der Waals surface area contributed by atoms with Crippen LogP contribution in [0.15, 0.2) is 0 Å². The Labute approximate surface area is 310 Å². The molecule has 0 aliphatic carbocycles. The highest BCUT2D eigenvalue weighted by molar-refractivity contribution is 5.71. The van der Waals surface area contributed by atoms with E-state index >= 15 is 0 Å². The summed E-state index contributed by atoms with van der Waals surface area (Å²) in [6.07, 6.45) is 34.1. The molecule has 0 amide bonds. The van der Waals surface area contributed by atoms with Gasteiger partial charge in [0.05, 0.1) is 0 Å². The predicted molar refractivity (Wildman–Crippen MR) is 210 cm³/mol. The lowest BCUT2D eigenvalue weighted by Gasteiger charge is -2.18. The van der Waals surface area contributed by atoms with E-state index < -0.39 is 6.10 Å². The standard InChI is InChI=1S/C44H84O6/c1-6-7-8-22-31-36-44(47)50-41(38-49-43(46)35-30-26-21-17-16-19-24-28-33-40(4)5)37-48-42(45)34-29-25-20-15-13-11-9-10-12-14-18-23-27-32-39(2)3/h39-41H,6-38H2,1-5H3/t41-/m1/s1. The van der Waals surface area contributed by atoms with Crippen molar-refractivity contribution in [2.75, 3.05) is 13.2 Å². The van der Waals surface area contributed by atoms with E-state index in [1.54, 1.807) is 0 Å². The highest BCUT2D eigenvalue weighted by Gasteiger charge is 2.19. The molecule has 0 fully saturated rings. The molecule has 0 unspecified atom stereocenters. The van der Waals surface area contributed by atoms with Crippen molar-refractivity contribution in [2.45, 2.75) is 240 Å². The molecule has 0 aromatic rings. The number of rotatable bonds is 38. The van der Waals surface area contributed by atoms with Gasteiger partial charge in [0.25, 0.3) is 0 Å². The van der Waals surface area contributed by atoms with Crippen molar-refractivity contribution in [1.82, 2.24) is 0 Å². The third kappa shape index (κ3) is 37.7. The first-order valence-electron chi connectivity index (χ1n) is 21.7. The van der Waals surface area contributed by atoms with Gasteiger partial charge < -0.3 is 14.2 Å². The van der Waals surface area contributed by atoms with E-state index in [1.807, 2.05) is 0 Å². The second-order valence-corrected chi connectivity index (χ2v) is 15.9. The molecule has 0 radical (unpaired) electrons. The monoisotopic (exact) mass is 709 g/mol. The molecular formula is C44H84O6. The molecule has 0 aliphatic heterocycles. The topological polar surface area (TPSA) is 78.9 Å². The molecule has 0 rings (SSSR count). The third-order valence-electron chi connectivity index (χ3n) is 9.72. The van der Waals surface area contributed by atoms with Gasteiger partial charge >= 0.3 is 17.9 Å². The molecule has 0 N–H and O–H groups in total. The highest BCUT2D eigenvalue weighted by atomic mass is 16.6. The van der Waals surface area contributed by atoms with Gasteiger partial charge in [-0.2, -0.15) is 0 Å². The fourth-order valence-corrected chi connectivity index (χ4v) is 6.40. The summed E-state index contributed by atoms with van der Waals surface area (Å²) in [6, 6.07) is 0. The number of carbonyl (C=O) groups is 3. The summed E-state index contributed by atoms with van der Waals surface area (Å²) in [5, 5.41) is 0. The van der Waals surface area contributed by atoms with Gasteiger partial charge in [0, 0.05) is 19.3 Å². The fourth-order valence-electron chi connectivity index (χ4n) is 6.40. The van der Waals surface area contributed by atoms with E-state index in [2.05, 4.69) is 34.6 Å². The van der Waals surface area contributed by atoms with Gasteiger partial charge in [-0.1, -0.05) is 195 Å². The average Bonchev–Trinajstić information content (AvgIpc) is 3.08. The van der Waals surface area contributed by atoms with Gasteiger partial charge in [0.15, 0.2) is 6.10 Å². The van der Waals surface area contributed by atoms with E-state index in [9.17, 15) is 14.4 Å². The molecule has 0 heterocycles. The Balaban J connectivity index is 4.14. The normalized spacial score (nSPS) is 12.1.